The standard InChI is InChI=1S/C22H29N3O/c1-18-12-15-25(16-13-18)21-9-7-20(8-10-21)24-22(26)11-14-23-17-19-5-3-2-4-6-19/h2-10,18,23H,11-17H2,1H3,(H,24,26). The highest BCUT2D eigenvalue weighted by Gasteiger charge is 2.15. The molecule has 3 rings (SSSR count). The first kappa shape index (κ1) is 18.5. The molecule has 138 valence electrons. The van der Waals surface area contributed by atoms with Crippen LogP contribution in [0.3, 0.4) is 0 Å². The highest BCUT2D eigenvalue weighted by molar-refractivity contribution is 5.91. The van der Waals surface area contributed by atoms with Gasteiger partial charge in [-0.05, 0) is 48.6 Å². The lowest BCUT2D eigenvalue weighted by Crippen LogP contribution is -2.32. The zero-order valence-electron chi connectivity index (χ0n) is 15.6. The molecule has 1 amide bonds. The minimum Gasteiger partial charge on any atom is -0.372 e. The molecule has 1 saturated heterocycles. The zero-order valence-corrected chi connectivity index (χ0v) is 15.6. The van der Waals surface area contributed by atoms with E-state index in [1.165, 1.54) is 24.1 Å². The Morgan fingerprint density at radius 1 is 1.04 bits per heavy atom. The van der Waals surface area contributed by atoms with Gasteiger partial charge in [0.05, 0.1) is 0 Å². The third-order valence-electron chi connectivity index (χ3n) is 5.00. The van der Waals surface area contributed by atoms with Gasteiger partial charge in [0.1, 0.15) is 0 Å². The number of piperidine rings is 1. The maximum Gasteiger partial charge on any atom is 0.225 e. The van der Waals surface area contributed by atoms with Gasteiger partial charge in [0.2, 0.25) is 5.91 Å². The average Bonchev–Trinajstić information content (AvgIpc) is 2.67. The van der Waals surface area contributed by atoms with Gasteiger partial charge in [-0.3, -0.25) is 4.79 Å². The lowest BCUT2D eigenvalue weighted by Gasteiger charge is -2.32. The summed E-state index contributed by atoms with van der Waals surface area (Å²) in [5, 5.41) is 6.29. The second kappa shape index (κ2) is 9.39. The number of benzene rings is 2. The maximum atomic E-state index is 12.1. The van der Waals surface area contributed by atoms with Crippen molar-refractivity contribution in [3.8, 4) is 0 Å². The van der Waals surface area contributed by atoms with Crippen molar-refractivity contribution < 1.29 is 4.79 Å². The molecule has 0 spiro atoms. The van der Waals surface area contributed by atoms with Crippen LogP contribution in [0.1, 0.15) is 31.7 Å². The molecule has 0 atom stereocenters. The molecule has 0 saturated carbocycles. The number of hydrogen-bond acceptors (Lipinski definition) is 3. The summed E-state index contributed by atoms with van der Waals surface area (Å²) >= 11 is 0. The van der Waals surface area contributed by atoms with Gasteiger partial charge >= 0.3 is 0 Å². The van der Waals surface area contributed by atoms with Crippen molar-refractivity contribution >= 4 is 17.3 Å². The van der Waals surface area contributed by atoms with E-state index in [9.17, 15) is 4.79 Å². The van der Waals surface area contributed by atoms with Gasteiger partial charge in [0.15, 0.2) is 0 Å². The molecule has 0 aliphatic carbocycles. The molecule has 2 aromatic rings. The normalized spacial score (nSPS) is 15.0. The number of nitrogens with zero attached hydrogens (tertiary/aromatic N) is 1. The summed E-state index contributed by atoms with van der Waals surface area (Å²) in [4.78, 5) is 14.5. The van der Waals surface area contributed by atoms with Crippen molar-refractivity contribution in [1.82, 2.24) is 5.32 Å². The van der Waals surface area contributed by atoms with Crippen molar-refractivity contribution in [2.24, 2.45) is 5.92 Å². The Morgan fingerprint density at radius 3 is 2.42 bits per heavy atom. The van der Waals surface area contributed by atoms with Crippen LogP contribution in [0.25, 0.3) is 0 Å². The number of anilines is 2. The molecule has 0 radical (unpaired) electrons. The highest BCUT2D eigenvalue weighted by atomic mass is 16.1. The van der Waals surface area contributed by atoms with Gasteiger partial charge in [-0.25, -0.2) is 0 Å². The van der Waals surface area contributed by atoms with Crippen molar-refractivity contribution in [2.75, 3.05) is 29.9 Å². The molecule has 1 heterocycles. The van der Waals surface area contributed by atoms with E-state index < -0.39 is 0 Å². The quantitative estimate of drug-likeness (QED) is 0.740. The lowest BCUT2D eigenvalue weighted by atomic mass is 9.99. The third-order valence-corrected chi connectivity index (χ3v) is 5.00. The molecular weight excluding hydrogens is 322 g/mol. The van der Waals surface area contributed by atoms with Gasteiger partial charge in [-0.1, -0.05) is 37.3 Å². The molecule has 4 nitrogen and oxygen atoms in total. The molecule has 1 aliphatic rings. The van der Waals surface area contributed by atoms with Crippen LogP contribution in [0, 0.1) is 5.92 Å². The number of carbonyl (C=O) groups is 1. The Morgan fingerprint density at radius 2 is 1.73 bits per heavy atom. The van der Waals surface area contributed by atoms with Gasteiger partial charge < -0.3 is 15.5 Å². The van der Waals surface area contributed by atoms with E-state index in [1.807, 2.05) is 30.3 Å². The Labute approximate surface area is 156 Å². The van der Waals surface area contributed by atoms with E-state index in [-0.39, 0.29) is 5.91 Å². The number of hydrogen-bond donors (Lipinski definition) is 2. The maximum absolute atomic E-state index is 12.1. The molecule has 0 aromatic heterocycles. The monoisotopic (exact) mass is 351 g/mol. The summed E-state index contributed by atoms with van der Waals surface area (Å²) < 4.78 is 0. The molecular formula is C22H29N3O. The third kappa shape index (κ3) is 5.60. The second-order valence-corrected chi connectivity index (χ2v) is 7.18. The van der Waals surface area contributed by atoms with Crippen LogP contribution in [0.2, 0.25) is 0 Å². The Kier molecular flexibility index (Phi) is 6.67. The minimum atomic E-state index is 0.0464. The first-order chi connectivity index (χ1) is 12.7. The second-order valence-electron chi connectivity index (χ2n) is 7.18. The lowest BCUT2D eigenvalue weighted by molar-refractivity contribution is -0.116. The van der Waals surface area contributed by atoms with Crippen LogP contribution in [-0.2, 0) is 11.3 Å². The Balaban J connectivity index is 1.38. The summed E-state index contributed by atoms with van der Waals surface area (Å²) in [5.41, 5.74) is 3.35. The van der Waals surface area contributed by atoms with Crippen LogP contribution in [0.5, 0.6) is 0 Å². The van der Waals surface area contributed by atoms with Crippen LogP contribution >= 0.6 is 0 Å². The number of rotatable bonds is 7. The van der Waals surface area contributed by atoms with Gasteiger partial charge in [0.25, 0.3) is 0 Å². The van der Waals surface area contributed by atoms with Crippen LogP contribution < -0.4 is 15.5 Å². The van der Waals surface area contributed by atoms with Gasteiger partial charge in [-0.2, -0.15) is 0 Å². The first-order valence-electron chi connectivity index (χ1n) is 9.60. The van der Waals surface area contributed by atoms with E-state index >= 15 is 0 Å². The largest absolute Gasteiger partial charge is 0.372 e. The van der Waals surface area contributed by atoms with Crippen LogP contribution in [-0.4, -0.2) is 25.5 Å². The summed E-state index contributed by atoms with van der Waals surface area (Å²) in [7, 11) is 0. The molecule has 4 heteroatoms. The fourth-order valence-electron chi connectivity index (χ4n) is 3.28. The number of carbonyl (C=O) groups excluding carboxylic acids is 1. The van der Waals surface area contributed by atoms with Gasteiger partial charge in [-0.15, -0.1) is 0 Å². The van der Waals surface area contributed by atoms with Crippen LogP contribution in [0.4, 0.5) is 11.4 Å². The van der Waals surface area contributed by atoms with E-state index in [2.05, 4.69) is 46.7 Å². The predicted molar refractivity (Wildman–Crippen MR) is 108 cm³/mol. The molecule has 1 fully saturated rings. The summed E-state index contributed by atoms with van der Waals surface area (Å²) in [6.45, 7) is 6.03. The molecule has 0 unspecified atom stereocenters. The molecule has 2 N–H and O–H groups in total. The molecule has 26 heavy (non-hydrogen) atoms. The van der Waals surface area contributed by atoms with Crippen molar-refractivity contribution in [3.63, 3.8) is 0 Å². The summed E-state index contributed by atoms with van der Waals surface area (Å²) in [6.07, 6.45) is 2.99. The van der Waals surface area contributed by atoms with Crippen LogP contribution in [0.15, 0.2) is 54.6 Å². The van der Waals surface area contributed by atoms with Crippen molar-refractivity contribution in [2.45, 2.75) is 32.7 Å². The van der Waals surface area contributed by atoms with Crippen molar-refractivity contribution in [1.29, 1.82) is 0 Å². The summed E-state index contributed by atoms with van der Waals surface area (Å²) in [5.74, 6) is 0.880. The Hall–Kier alpha value is -2.33. The minimum absolute atomic E-state index is 0.0464. The van der Waals surface area contributed by atoms with Crippen molar-refractivity contribution in [3.05, 3.63) is 60.2 Å². The number of nitrogens with one attached hydrogen (secondary N) is 2. The highest BCUT2D eigenvalue weighted by Crippen LogP contribution is 2.24. The Bertz CT molecular complexity index is 676. The fourth-order valence-corrected chi connectivity index (χ4v) is 3.28. The molecule has 2 aromatic carbocycles. The SMILES string of the molecule is CC1CCN(c2ccc(NC(=O)CCNCc3ccccc3)cc2)CC1. The van der Waals surface area contributed by atoms with E-state index in [4.69, 9.17) is 0 Å². The van der Waals surface area contributed by atoms with Gasteiger partial charge in [0, 0.05) is 44.0 Å². The van der Waals surface area contributed by atoms with E-state index in [0.29, 0.717) is 13.0 Å². The first-order valence-corrected chi connectivity index (χ1v) is 9.60. The number of amides is 1. The van der Waals surface area contributed by atoms with E-state index in [0.717, 1.165) is 31.2 Å². The molecule has 1 aliphatic heterocycles. The zero-order chi connectivity index (χ0) is 18.2. The topological polar surface area (TPSA) is 44.4 Å². The average molecular weight is 351 g/mol. The smallest absolute Gasteiger partial charge is 0.225 e. The molecule has 0 bridgehead atoms. The fraction of sp³-hybridized carbons (Fsp3) is 0.409. The summed E-state index contributed by atoms with van der Waals surface area (Å²) in [6, 6.07) is 18.4. The van der Waals surface area contributed by atoms with E-state index in [1.54, 1.807) is 0 Å². The predicted octanol–water partition coefficient (Wildman–Crippen LogP) is 4.04.